The average Bonchev–Trinajstić information content (AvgIpc) is 2.85. The highest BCUT2D eigenvalue weighted by molar-refractivity contribution is 5.92. The zero-order chi connectivity index (χ0) is 16.4. The zero-order valence-electron chi connectivity index (χ0n) is 14.7. The highest BCUT2D eigenvalue weighted by Gasteiger charge is 2.58. The molecule has 0 bridgehead atoms. The minimum absolute atomic E-state index is 0.188. The van der Waals surface area contributed by atoms with Gasteiger partial charge >= 0.3 is 0 Å². The van der Waals surface area contributed by atoms with Crippen molar-refractivity contribution in [2.24, 2.45) is 34.5 Å². The lowest BCUT2D eigenvalue weighted by molar-refractivity contribution is -0.116. The molecule has 4 aliphatic carbocycles. The van der Waals surface area contributed by atoms with Crippen LogP contribution >= 0.6 is 0 Å². The monoisotopic (exact) mass is 314 g/mol. The van der Waals surface area contributed by atoms with Crippen molar-refractivity contribution < 1.29 is 9.90 Å². The van der Waals surface area contributed by atoms with Crippen LogP contribution in [0.3, 0.4) is 0 Å². The fourth-order valence-corrected chi connectivity index (χ4v) is 6.83. The average molecular weight is 314 g/mol. The van der Waals surface area contributed by atoms with Gasteiger partial charge in [-0.2, -0.15) is 0 Å². The number of carbonyl (C=O) groups is 1. The van der Waals surface area contributed by atoms with Gasteiger partial charge in [-0.25, -0.2) is 0 Å². The quantitative estimate of drug-likeness (QED) is 0.784. The first kappa shape index (κ1) is 15.6. The van der Waals surface area contributed by atoms with Gasteiger partial charge in [0.05, 0.1) is 6.10 Å². The smallest absolute Gasteiger partial charge is 0.156 e. The van der Waals surface area contributed by atoms with Crippen molar-refractivity contribution in [1.29, 1.82) is 0 Å². The number of carbonyl (C=O) groups excluding carboxylic acids is 1. The Morgan fingerprint density at radius 2 is 1.96 bits per heavy atom. The molecular weight excluding hydrogens is 284 g/mol. The molecule has 4 aliphatic rings. The first-order valence-electron chi connectivity index (χ1n) is 9.47. The van der Waals surface area contributed by atoms with Crippen LogP contribution in [-0.2, 0) is 4.79 Å². The molecule has 2 nitrogen and oxygen atoms in total. The first-order valence-corrected chi connectivity index (χ1v) is 9.47. The lowest BCUT2D eigenvalue weighted by Crippen LogP contribution is -2.49. The van der Waals surface area contributed by atoms with E-state index in [1.807, 2.05) is 13.0 Å². The maximum Gasteiger partial charge on any atom is 0.156 e. The molecular formula is C21H30O2. The molecule has 2 fully saturated rings. The molecule has 23 heavy (non-hydrogen) atoms. The van der Waals surface area contributed by atoms with Crippen molar-refractivity contribution in [1.82, 2.24) is 0 Å². The van der Waals surface area contributed by atoms with Crippen LogP contribution in [-0.4, -0.2) is 17.0 Å². The fourth-order valence-electron chi connectivity index (χ4n) is 6.83. The molecule has 0 amide bonds. The van der Waals surface area contributed by atoms with E-state index in [-0.39, 0.29) is 11.5 Å². The maximum atomic E-state index is 11.8. The number of fused-ring (bicyclic) bond motifs is 5. The summed E-state index contributed by atoms with van der Waals surface area (Å²) in [5.74, 6) is 2.77. The molecule has 0 aromatic rings. The van der Waals surface area contributed by atoms with Crippen LogP contribution < -0.4 is 0 Å². The number of aliphatic hydroxyl groups excluding tert-OH is 1. The number of hydrogen-bond acceptors (Lipinski definition) is 2. The van der Waals surface area contributed by atoms with Crippen LogP contribution in [0.4, 0.5) is 0 Å². The topological polar surface area (TPSA) is 37.3 Å². The summed E-state index contributed by atoms with van der Waals surface area (Å²) in [6.07, 6.45) is 13.1. The van der Waals surface area contributed by atoms with E-state index in [4.69, 9.17) is 0 Å². The lowest BCUT2D eigenvalue weighted by Gasteiger charge is -2.56. The van der Waals surface area contributed by atoms with Crippen LogP contribution in [0, 0.1) is 34.5 Å². The summed E-state index contributed by atoms with van der Waals surface area (Å²) in [6, 6.07) is 0. The lowest BCUT2D eigenvalue weighted by atomic mass is 9.48. The largest absolute Gasteiger partial charge is 0.393 e. The Labute approximate surface area is 140 Å². The van der Waals surface area contributed by atoms with Gasteiger partial charge in [0.1, 0.15) is 0 Å². The van der Waals surface area contributed by atoms with E-state index in [2.05, 4.69) is 26.0 Å². The van der Waals surface area contributed by atoms with Gasteiger partial charge in [0.15, 0.2) is 5.78 Å². The molecule has 0 aromatic carbocycles. The van der Waals surface area contributed by atoms with Gasteiger partial charge in [0, 0.05) is 6.42 Å². The Hall–Kier alpha value is -0.890. The predicted octanol–water partition coefficient (Wildman–Crippen LogP) is 4.29. The van der Waals surface area contributed by atoms with Gasteiger partial charge in [0.2, 0.25) is 0 Å². The first-order chi connectivity index (χ1) is 10.9. The summed E-state index contributed by atoms with van der Waals surface area (Å²) in [5, 5.41) is 10.3. The fraction of sp³-hybridized carbons (Fsp3) is 0.762. The Morgan fingerprint density at radius 1 is 1.17 bits per heavy atom. The maximum absolute atomic E-state index is 11.8. The summed E-state index contributed by atoms with van der Waals surface area (Å²) >= 11 is 0. The van der Waals surface area contributed by atoms with Crippen molar-refractivity contribution >= 4 is 5.78 Å². The minimum atomic E-state index is -0.188. The van der Waals surface area contributed by atoms with Crippen LogP contribution in [0.2, 0.25) is 0 Å². The molecule has 2 heteroatoms. The van der Waals surface area contributed by atoms with Gasteiger partial charge in [-0.1, -0.05) is 26.0 Å². The zero-order valence-corrected chi connectivity index (χ0v) is 14.7. The van der Waals surface area contributed by atoms with E-state index in [1.165, 1.54) is 31.3 Å². The van der Waals surface area contributed by atoms with Gasteiger partial charge in [-0.05, 0) is 85.2 Å². The molecule has 2 saturated carbocycles. The van der Waals surface area contributed by atoms with E-state index in [0.717, 1.165) is 12.8 Å². The number of ketones is 1. The normalized spacial score (nSPS) is 49.9. The summed E-state index contributed by atoms with van der Waals surface area (Å²) in [6.45, 7) is 6.82. The van der Waals surface area contributed by atoms with Gasteiger partial charge in [-0.15, -0.1) is 0 Å². The summed E-state index contributed by atoms with van der Waals surface area (Å²) in [4.78, 5) is 11.8. The molecule has 0 aliphatic heterocycles. The van der Waals surface area contributed by atoms with Crippen molar-refractivity contribution in [3.63, 3.8) is 0 Å². The predicted molar refractivity (Wildman–Crippen MR) is 91.8 cm³/mol. The van der Waals surface area contributed by atoms with Gasteiger partial charge in [-0.3, -0.25) is 4.79 Å². The summed E-state index contributed by atoms with van der Waals surface area (Å²) < 4.78 is 0. The van der Waals surface area contributed by atoms with Gasteiger partial charge in [0.25, 0.3) is 0 Å². The number of hydrogen-bond donors (Lipinski definition) is 1. The third kappa shape index (κ3) is 2.06. The second-order valence-corrected chi connectivity index (χ2v) is 9.10. The molecule has 0 heterocycles. The Morgan fingerprint density at radius 3 is 2.70 bits per heavy atom. The number of aliphatic hydroxyl groups is 1. The molecule has 7 atom stereocenters. The van der Waals surface area contributed by atoms with Crippen LogP contribution in [0.25, 0.3) is 0 Å². The second-order valence-electron chi connectivity index (χ2n) is 9.10. The third-order valence-corrected chi connectivity index (χ3v) is 8.17. The van der Waals surface area contributed by atoms with E-state index < -0.39 is 0 Å². The number of rotatable bonds is 1. The van der Waals surface area contributed by atoms with E-state index in [0.29, 0.717) is 34.9 Å². The van der Waals surface area contributed by atoms with Crippen molar-refractivity contribution in [3.05, 3.63) is 23.8 Å². The van der Waals surface area contributed by atoms with Crippen molar-refractivity contribution in [3.8, 4) is 0 Å². The summed E-state index contributed by atoms with van der Waals surface area (Å²) in [5.41, 5.74) is 1.77. The van der Waals surface area contributed by atoms with E-state index in [9.17, 15) is 9.90 Å². The molecule has 0 spiro atoms. The van der Waals surface area contributed by atoms with Crippen LogP contribution in [0.15, 0.2) is 23.8 Å². The molecule has 1 unspecified atom stereocenters. The Balaban J connectivity index is 1.71. The van der Waals surface area contributed by atoms with Crippen molar-refractivity contribution in [2.75, 3.05) is 0 Å². The highest BCUT2D eigenvalue weighted by atomic mass is 16.3. The summed E-state index contributed by atoms with van der Waals surface area (Å²) in [7, 11) is 0. The second kappa shape index (κ2) is 5.05. The Bertz CT molecular complexity index is 587. The molecule has 126 valence electrons. The molecule has 4 rings (SSSR count). The van der Waals surface area contributed by atoms with Crippen LogP contribution in [0.1, 0.15) is 59.3 Å². The number of allylic oxidation sites excluding steroid dienone is 4. The molecule has 0 aromatic heterocycles. The third-order valence-electron chi connectivity index (χ3n) is 8.17. The Kier molecular flexibility index (Phi) is 3.43. The van der Waals surface area contributed by atoms with Gasteiger partial charge < -0.3 is 5.11 Å². The SMILES string of the molecule is CC(O)[C@H]1CC[C@H]2[C@@H]3C=CC4=CC(=O)CC[C@@]4(C)[C@@H]3CC[C@@]12C. The highest BCUT2D eigenvalue weighted by Crippen LogP contribution is 2.65. The molecule has 0 radical (unpaired) electrons. The van der Waals surface area contributed by atoms with E-state index >= 15 is 0 Å². The van der Waals surface area contributed by atoms with E-state index in [1.54, 1.807) is 0 Å². The molecule has 0 saturated heterocycles. The molecule has 1 N–H and O–H groups in total. The van der Waals surface area contributed by atoms with Crippen molar-refractivity contribution in [2.45, 2.75) is 65.4 Å². The minimum Gasteiger partial charge on any atom is -0.393 e. The van der Waals surface area contributed by atoms with Crippen LogP contribution in [0.5, 0.6) is 0 Å². The standard InChI is InChI=1S/C21H30O2/c1-13(22)17-6-7-18-16-5-4-14-12-15(23)8-10-20(14,2)19(16)9-11-21(17,18)3/h4-5,12-13,16-19,22H,6-11H2,1-3H3/t13?,16-,17+,18-,19+,20+,21-/m0/s1.